The van der Waals surface area contributed by atoms with Crippen LogP contribution in [0.4, 0.5) is 0 Å². The highest BCUT2D eigenvalue weighted by molar-refractivity contribution is 7.89. The highest BCUT2D eigenvalue weighted by atomic mass is 32.2. The predicted octanol–water partition coefficient (Wildman–Crippen LogP) is 1.52. The summed E-state index contributed by atoms with van der Waals surface area (Å²) in [5, 5.41) is 7.43. The first-order valence-electron chi connectivity index (χ1n) is 9.37. The molecule has 142 valence electrons. The molecule has 2 heterocycles. The SMILES string of the molecule is Cc1noc(C)c1S(=O)(=O)N1CCN(CCNC2CCCCC2)CC1. The Labute approximate surface area is 150 Å². The lowest BCUT2D eigenvalue weighted by atomic mass is 9.95. The van der Waals surface area contributed by atoms with Crippen molar-refractivity contribution in [3.05, 3.63) is 11.5 Å². The van der Waals surface area contributed by atoms with Gasteiger partial charge in [-0.25, -0.2) is 8.42 Å². The smallest absolute Gasteiger partial charge is 0.248 e. The number of nitrogens with zero attached hydrogens (tertiary/aromatic N) is 3. The molecule has 0 atom stereocenters. The molecule has 1 aromatic rings. The van der Waals surface area contributed by atoms with Gasteiger partial charge in [0, 0.05) is 45.3 Å². The zero-order chi connectivity index (χ0) is 17.9. The van der Waals surface area contributed by atoms with Crippen molar-refractivity contribution in [1.82, 2.24) is 19.7 Å². The van der Waals surface area contributed by atoms with Gasteiger partial charge in [-0.3, -0.25) is 4.90 Å². The fourth-order valence-corrected chi connectivity index (χ4v) is 5.61. The van der Waals surface area contributed by atoms with Crippen molar-refractivity contribution in [2.75, 3.05) is 39.3 Å². The molecule has 2 aliphatic rings. The van der Waals surface area contributed by atoms with E-state index in [-0.39, 0.29) is 4.90 Å². The summed E-state index contributed by atoms with van der Waals surface area (Å²) in [7, 11) is -3.51. The molecule has 7 nitrogen and oxygen atoms in total. The lowest BCUT2D eigenvalue weighted by molar-refractivity contribution is 0.185. The van der Waals surface area contributed by atoms with E-state index >= 15 is 0 Å². The molecule has 1 saturated heterocycles. The third-order valence-corrected chi connectivity index (χ3v) is 7.51. The summed E-state index contributed by atoms with van der Waals surface area (Å²) >= 11 is 0. The third kappa shape index (κ3) is 4.42. The van der Waals surface area contributed by atoms with Crippen molar-refractivity contribution < 1.29 is 12.9 Å². The fraction of sp³-hybridized carbons (Fsp3) is 0.824. The second-order valence-corrected chi connectivity index (χ2v) is 9.06. The second kappa shape index (κ2) is 8.16. The first kappa shape index (κ1) is 18.8. The molecule has 25 heavy (non-hydrogen) atoms. The highest BCUT2D eigenvalue weighted by Crippen LogP contribution is 2.24. The van der Waals surface area contributed by atoms with Gasteiger partial charge in [0.2, 0.25) is 10.0 Å². The number of nitrogens with one attached hydrogen (secondary N) is 1. The molecule has 3 rings (SSSR count). The van der Waals surface area contributed by atoms with Gasteiger partial charge in [0.25, 0.3) is 0 Å². The number of piperazine rings is 1. The van der Waals surface area contributed by atoms with E-state index in [0.29, 0.717) is 30.6 Å². The van der Waals surface area contributed by atoms with Gasteiger partial charge in [-0.15, -0.1) is 0 Å². The van der Waals surface area contributed by atoms with Crippen LogP contribution in [0.25, 0.3) is 0 Å². The van der Waals surface area contributed by atoms with E-state index in [1.54, 1.807) is 18.2 Å². The number of sulfonamides is 1. The molecule has 0 unspecified atom stereocenters. The minimum Gasteiger partial charge on any atom is -0.360 e. The molecule has 1 aliphatic heterocycles. The van der Waals surface area contributed by atoms with Crippen LogP contribution >= 0.6 is 0 Å². The predicted molar refractivity (Wildman–Crippen MR) is 96.1 cm³/mol. The monoisotopic (exact) mass is 370 g/mol. The summed E-state index contributed by atoms with van der Waals surface area (Å²) in [6.07, 6.45) is 6.65. The Morgan fingerprint density at radius 3 is 2.40 bits per heavy atom. The van der Waals surface area contributed by atoms with Gasteiger partial charge < -0.3 is 9.84 Å². The molecule has 0 amide bonds. The lowest BCUT2D eigenvalue weighted by Crippen LogP contribution is -2.50. The topological polar surface area (TPSA) is 78.7 Å². The largest absolute Gasteiger partial charge is 0.360 e. The van der Waals surface area contributed by atoms with Crippen molar-refractivity contribution in [3.8, 4) is 0 Å². The van der Waals surface area contributed by atoms with E-state index in [1.165, 1.54) is 32.1 Å². The van der Waals surface area contributed by atoms with Crippen LogP contribution in [0.2, 0.25) is 0 Å². The van der Waals surface area contributed by atoms with Gasteiger partial charge in [-0.2, -0.15) is 4.31 Å². The van der Waals surface area contributed by atoms with Gasteiger partial charge >= 0.3 is 0 Å². The van der Waals surface area contributed by atoms with Crippen LogP contribution in [-0.2, 0) is 10.0 Å². The Morgan fingerprint density at radius 2 is 1.80 bits per heavy atom. The van der Waals surface area contributed by atoms with Crippen LogP contribution in [0.15, 0.2) is 9.42 Å². The summed E-state index contributed by atoms with van der Waals surface area (Å²) in [4.78, 5) is 2.58. The fourth-order valence-electron chi connectivity index (χ4n) is 3.90. The lowest BCUT2D eigenvalue weighted by Gasteiger charge is -2.34. The van der Waals surface area contributed by atoms with Crippen molar-refractivity contribution in [2.24, 2.45) is 0 Å². The molecule has 0 spiro atoms. The Hall–Kier alpha value is -0.960. The summed E-state index contributed by atoms with van der Waals surface area (Å²) in [6.45, 7) is 7.89. The highest BCUT2D eigenvalue weighted by Gasteiger charge is 2.33. The molecule has 1 aromatic heterocycles. The average Bonchev–Trinajstić information content (AvgIpc) is 2.95. The van der Waals surface area contributed by atoms with Crippen molar-refractivity contribution in [1.29, 1.82) is 0 Å². The Balaban J connectivity index is 1.47. The van der Waals surface area contributed by atoms with Crippen LogP contribution in [0, 0.1) is 13.8 Å². The van der Waals surface area contributed by atoms with E-state index in [2.05, 4.69) is 15.4 Å². The number of hydrogen-bond donors (Lipinski definition) is 1. The molecular weight excluding hydrogens is 340 g/mol. The standard InChI is InChI=1S/C17H30N4O3S/c1-14-17(15(2)24-19-14)25(22,23)21-12-10-20(11-13-21)9-8-18-16-6-4-3-5-7-16/h16,18H,3-13H2,1-2H3. The maximum absolute atomic E-state index is 12.8. The molecule has 0 aromatic carbocycles. The molecule has 1 N–H and O–H groups in total. The van der Waals surface area contributed by atoms with E-state index in [9.17, 15) is 8.42 Å². The number of rotatable bonds is 6. The molecule has 0 radical (unpaired) electrons. The Bertz CT molecular complexity index is 640. The number of aromatic nitrogens is 1. The second-order valence-electron chi connectivity index (χ2n) is 7.19. The summed E-state index contributed by atoms with van der Waals surface area (Å²) < 4.78 is 32.2. The van der Waals surface area contributed by atoms with Crippen LogP contribution in [-0.4, -0.2) is 68.1 Å². The maximum atomic E-state index is 12.8. The Morgan fingerprint density at radius 1 is 1.12 bits per heavy atom. The van der Waals surface area contributed by atoms with Crippen LogP contribution in [0.5, 0.6) is 0 Å². The average molecular weight is 371 g/mol. The first-order valence-corrected chi connectivity index (χ1v) is 10.8. The van der Waals surface area contributed by atoms with Crippen molar-refractivity contribution in [2.45, 2.75) is 56.9 Å². The van der Waals surface area contributed by atoms with Crippen LogP contribution in [0.1, 0.15) is 43.6 Å². The Kier molecular flexibility index (Phi) is 6.14. The summed E-state index contributed by atoms with van der Waals surface area (Å²) in [5.74, 6) is 0.372. The minimum absolute atomic E-state index is 0.236. The van der Waals surface area contributed by atoms with Gasteiger partial charge in [0.05, 0.1) is 0 Å². The molecular formula is C17H30N4O3S. The number of hydrogen-bond acceptors (Lipinski definition) is 6. The van der Waals surface area contributed by atoms with E-state index < -0.39 is 10.0 Å². The molecule has 0 bridgehead atoms. The molecule has 1 aliphatic carbocycles. The quantitative estimate of drug-likeness (QED) is 0.818. The van der Waals surface area contributed by atoms with Gasteiger partial charge in [-0.05, 0) is 26.7 Å². The minimum atomic E-state index is -3.51. The normalized spacial score (nSPS) is 21.7. The van der Waals surface area contributed by atoms with E-state index in [0.717, 1.165) is 26.2 Å². The number of aryl methyl sites for hydroxylation is 2. The molecule has 1 saturated carbocycles. The zero-order valence-corrected chi connectivity index (χ0v) is 16.1. The van der Waals surface area contributed by atoms with Crippen molar-refractivity contribution in [3.63, 3.8) is 0 Å². The van der Waals surface area contributed by atoms with Crippen LogP contribution < -0.4 is 5.32 Å². The summed E-state index contributed by atoms with van der Waals surface area (Å²) in [5.41, 5.74) is 0.441. The maximum Gasteiger partial charge on any atom is 0.248 e. The third-order valence-electron chi connectivity index (χ3n) is 5.36. The van der Waals surface area contributed by atoms with Gasteiger partial charge in [0.15, 0.2) is 5.76 Å². The van der Waals surface area contributed by atoms with Gasteiger partial charge in [0.1, 0.15) is 10.6 Å². The van der Waals surface area contributed by atoms with Crippen LogP contribution in [0.3, 0.4) is 0 Å². The summed E-state index contributed by atoms with van der Waals surface area (Å²) in [6, 6.07) is 0.676. The van der Waals surface area contributed by atoms with Crippen molar-refractivity contribution >= 4 is 10.0 Å². The zero-order valence-electron chi connectivity index (χ0n) is 15.3. The van der Waals surface area contributed by atoms with E-state index in [1.807, 2.05) is 0 Å². The molecule has 2 fully saturated rings. The molecule has 8 heteroatoms. The first-order chi connectivity index (χ1) is 12.0. The van der Waals surface area contributed by atoms with E-state index in [4.69, 9.17) is 4.52 Å². The van der Waals surface area contributed by atoms with Gasteiger partial charge in [-0.1, -0.05) is 24.4 Å².